The predicted octanol–water partition coefficient (Wildman–Crippen LogP) is 8.99. The average Bonchev–Trinajstić information content (AvgIpc) is 2.99. The van der Waals surface area contributed by atoms with Gasteiger partial charge in [0, 0.05) is 5.41 Å². The fourth-order valence-corrected chi connectivity index (χ4v) is 6.98. The molecule has 0 unspecified atom stereocenters. The van der Waals surface area contributed by atoms with Gasteiger partial charge in [-0.3, -0.25) is 0 Å². The third kappa shape index (κ3) is 3.38. The second-order valence-corrected chi connectivity index (χ2v) is 11.7. The van der Waals surface area contributed by atoms with Gasteiger partial charge in [-0.25, -0.2) is 0 Å². The lowest BCUT2D eigenvalue weighted by molar-refractivity contribution is 0.645. The van der Waals surface area contributed by atoms with E-state index >= 15 is 0 Å². The molecule has 39 heavy (non-hydrogen) atoms. The smallest absolute Gasteiger partial charge is 0.0159 e. The van der Waals surface area contributed by atoms with E-state index in [0.717, 1.165) is 12.8 Å². The van der Waals surface area contributed by atoms with Crippen molar-refractivity contribution in [2.45, 2.75) is 32.1 Å². The van der Waals surface area contributed by atoms with Crippen LogP contribution >= 0.6 is 0 Å². The third-order valence-electron chi connectivity index (χ3n) is 9.07. The van der Waals surface area contributed by atoms with Crippen LogP contribution in [0, 0.1) is 0 Å². The average molecular weight is 499 g/mol. The fraction of sp³-hybridized carbons (Fsp3) is 0.128. The van der Waals surface area contributed by atoms with Crippen LogP contribution in [0.1, 0.15) is 37.8 Å². The first kappa shape index (κ1) is 22.6. The molecule has 6 aromatic rings. The van der Waals surface area contributed by atoms with Crippen molar-refractivity contribution in [3.05, 3.63) is 131 Å². The van der Waals surface area contributed by atoms with Crippen molar-refractivity contribution in [1.29, 1.82) is 0 Å². The molecule has 0 saturated carbocycles. The molecular formula is C39H30. The summed E-state index contributed by atoms with van der Waals surface area (Å²) in [6, 6.07) is 41.1. The zero-order chi connectivity index (χ0) is 26.1. The highest BCUT2D eigenvalue weighted by atomic mass is 14.4. The summed E-state index contributed by atoms with van der Waals surface area (Å²) in [5.41, 5.74) is 10.6. The van der Waals surface area contributed by atoms with E-state index in [1.807, 2.05) is 0 Å². The fourth-order valence-electron chi connectivity index (χ4n) is 6.98. The number of benzene rings is 6. The first-order valence-corrected chi connectivity index (χ1v) is 14.1. The SMILES string of the molecule is CC1(C)c2cc(-c3ccc4ccccc4c3)ccc2-c2ccc(-c3ccc4c(c3)=CCCC=4)c3cccc1c23. The number of hydrogen-bond acceptors (Lipinski definition) is 0. The molecule has 6 aromatic carbocycles. The van der Waals surface area contributed by atoms with Crippen LogP contribution in [0.4, 0.5) is 0 Å². The topological polar surface area (TPSA) is 0 Å². The third-order valence-corrected chi connectivity index (χ3v) is 9.07. The molecule has 0 nitrogen and oxygen atoms in total. The van der Waals surface area contributed by atoms with E-state index in [0.29, 0.717) is 0 Å². The number of rotatable bonds is 2. The Labute approximate surface area is 229 Å². The highest BCUT2D eigenvalue weighted by Crippen LogP contribution is 2.50. The van der Waals surface area contributed by atoms with E-state index in [1.54, 1.807) is 0 Å². The molecule has 0 spiro atoms. The van der Waals surface area contributed by atoms with Gasteiger partial charge in [-0.2, -0.15) is 0 Å². The van der Waals surface area contributed by atoms with Gasteiger partial charge < -0.3 is 0 Å². The van der Waals surface area contributed by atoms with Crippen LogP contribution < -0.4 is 10.4 Å². The minimum absolute atomic E-state index is 0.105. The van der Waals surface area contributed by atoms with Gasteiger partial charge in [0.1, 0.15) is 0 Å². The molecule has 2 aliphatic carbocycles. The van der Waals surface area contributed by atoms with Crippen LogP contribution in [-0.2, 0) is 5.41 Å². The number of fused-ring (bicyclic) bond motifs is 4. The molecule has 0 fully saturated rings. The van der Waals surface area contributed by atoms with Crippen molar-refractivity contribution < 1.29 is 0 Å². The second-order valence-electron chi connectivity index (χ2n) is 11.7. The molecule has 0 saturated heterocycles. The Kier molecular flexibility index (Phi) is 4.79. The zero-order valence-corrected chi connectivity index (χ0v) is 22.5. The number of hydrogen-bond donors (Lipinski definition) is 0. The summed E-state index contributed by atoms with van der Waals surface area (Å²) in [7, 11) is 0. The monoisotopic (exact) mass is 498 g/mol. The maximum absolute atomic E-state index is 2.44. The van der Waals surface area contributed by atoms with Gasteiger partial charge >= 0.3 is 0 Å². The Balaban J connectivity index is 1.33. The summed E-state index contributed by atoms with van der Waals surface area (Å²) >= 11 is 0. The summed E-state index contributed by atoms with van der Waals surface area (Å²) in [6.45, 7) is 4.79. The first-order valence-electron chi connectivity index (χ1n) is 14.1. The van der Waals surface area contributed by atoms with Crippen LogP contribution in [0.2, 0.25) is 0 Å². The van der Waals surface area contributed by atoms with Gasteiger partial charge in [0.15, 0.2) is 0 Å². The van der Waals surface area contributed by atoms with Crippen LogP contribution in [0.15, 0.2) is 109 Å². The largest absolute Gasteiger partial charge is 0.0764 e. The summed E-state index contributed by atoms with van der Waals surface area (Å²) in [5, 5.41) is 8.05. The molecule has 0 atom stereocenters. The van der Waals surface area contributed by atoms with Crippen LogP contribution in [0.3, 0.4) is 0 Å². The standard InChI is InChI=1S/C39H30/c1-39(2)36-13-7-12-34-32(31-17-15-26-9-4-6-11-28(26)23-31)20-21-35(38(34)36)33-19-18-30(24-37(33)39)29-16-14-25-8-3-5-10-27(25)22-29/h3,5,7-24H,4,6H2,1-2H3. The molecular weight excluding hydrogens is 468 g/mol. The second kappa shape index (κ2) is 8.29. The maximum Gasteiger partial charge on any atom is 0.0159 e. The molecule has 2 aliphatic rings. The van der Waals surface area contributed by atoms with E-state index in [9.17, 15) is 0 Å². The minimum Gasteiger partial charge on any atom is -0.0764 e. The molecule has 0 aromatic heterocycles. The van der Waals surface area contributed by atoms with E-state index in [1.165, 1.54) is 76.5 Å². The Bertz CT molecular complexity index is 2090. The van der Waals surface area contributed by atoms with E-state index in [-0.39, 0.29) is 5.41 Å². The molecule has 0 heterocycles. The molecule has 0 amide bonds. The molecule has 0 bridgehead atoms. The zero-order valence-electron chi connectivity index (χ0n) is 22.5. The van der Waals surface area contributed by atoms with Gasteiger partial charge in [0.2, 0.25) is 0 Å². The molecule has 0 N–H and O–H groups in total. The van der Waals surface area contributed by atoms with E-state index in [2.05, 4.69) is 135 Å². The lowest BCUT2D eigenvalue weighted by Crippen LogP contribution is -2.26. The Morgan fingerprint density at radius 2 is 1.21 bits per heavy atom. The van der Waals surface area contributed by atoms with Crippen molar-refractivity contribution in [3.63, 3.8) is 0 Å². The summed E-state index contributed by atoms with van der Waals surface area (Å²) in [4.78, 5) is 0. The highest BCUT2D eigenvalue weighted by Gasteiger charge is 2.34. The van der Waals surface area contributed by atoms with Crippen molar-refractivity contribution in [1.82, 2.24) is 0 Å². The molecule has 0 heteroatoms. The maximum atomic E-state index is 2.44. The molecule has 8 rings (SSSR count). The van der Waals surface area contributed by atoms with Gasteiger partial charge in [-0.1, -0.05) is 117 Å². The minimum atomic E-state index is -0.105. The van der Waals surface area contributed by atoms with E-state index < -0.39 is 0 Å². The van der Waals surface area contributed by atoms with Crippen molar-refractivity contribution in [2.75, 3.05) is 0 Å². The summed E-state index contributed by atoms with van der Waals surface area (Å²) in [5.74, 6) is 0. The highest BCUT2D eigenvalue weighted by molar-refractivity contribution is 6.09. The van der Waals surface area contributed by atoms with Gasteiger partial charge in [0.25, 0.3) is 0 Å². The molecule has 0 aliphatic heterocycles. The van der Waals surface area contributed by atoms with Crippen molar-refractivity contribution in [2.24, 2.45) is 0 Å². The van der Waals surface area contributed by atoms with Crippen LogP contribution in [0.25, 0.3) is 67.1 Å². The van der Waals surface area contributed by atoms with Crippen molar-refractivity contribution >= 4 is 33.7 Å². The molecule has 0 radical (unpaired) electrons. The summed E-state index contributed by atoms with van der Waals surface area (Å²) in [6.07, 6.45) is 7.02. The first-order chi connectivity index (χ1) is 19.1. The van der Waals surface area contributed by atoms with Crippen LogP contribution in [-0.4, -0.2) is 0 Å². The van der Waals surface area contributed by atoms with E-state index in [4.69, 9.17) is 0 Å². The van der Waals surface area contributed by atoms with Gasteiger partial charge in [-0.15, -0.1) is 0 Å². The summed E-state index contributed by atoms with van der Waals surface area (Å²) < 4.78 is 0. The van der Waals surface area contributed by atoms with Gasteiger partial charge in [-0.05, 0) is 108 Å². The lowest BCUT2D eigenvalue weighted by atomic mass is 9.67. The predicted molar refractivity (Wildman–Crippen MR) is 167 cm³/mol. The lowest BCUT2D eigenvalue weighted by Gasteiger charge is -2.36. The quantitative estimate of drug-likeness (QED) is 0.223. The van der Waals surface area contributed by atoms with Crippen LogP contribution in [0.5, 0.6) is 0 Å². The van der Waals surface area contributed by atoms with Gasteiger partial charge in [0.05, 0.1) is 0 Å². The normalized spacial score (nSPS) is 14.8. The Morgan fingerprint density at radius 3 is 2.10 bits per heavy atom. The Morgan fingerprint density at radius 1 is 0.487 bits per heavy atom. The Hall–Kier alpha value is -4.42. The van der Waals surface area contributed by atoms with Crippen molar-refractivity contribution in [3.8, 4) is 33.4 Å². The molecule has 186 valence electrons.